The van der Waals surface area contributed by atoms with Gasteiger partial charge in [-0.2, -0.15) is 0 Å². The molecule has 3 heterocycles. The fourth-order valence-electron chi connectivity index (χ4n) is 2.79. The molecule has 0 fully saturated rings. The highest BCUT2D eigenvalue weighted by Crippen LogP contribution is 2.24. The van der Waals surface area contributed by atoms with Crippen molar-refractivity contribution in [2.24, 2.45) is 0 Å². The molecule has 2 aromatic rings. The van der Waals surface area contributed by atoms with Crippen molar-refractivity contribution in [1.82, 2.24) is 9.88 Å². The molecule has 1 aliphatic heterocycles. The van der Waals surface area contributed by atoms with E-state index in [1.54, 1.807) is 0 Å². The van der Waals surface area contributed by atoms with Crippen molar-refractivity contribution in [2.45, 2.75) is 20.0 Å². The van der Waals surface area contributed by atoms with E-state index in [9.17, 15) is 0 Å². The third kappa shape index (κ3) is 3.34. The molecule has 0 aromatic carbocycles. The molecule has 0 radical (unpaired) electrons. The zero-order valence-corrected chi connectivity index (χ0v) is 13.3. The van der Waals surface area contributed by atoms with Crippen molar-refractivity contribution in [3.05, 3.63) is 58.4 Å². The normalized spacial score (nSPS) is 15.6. The molecule has 0 saturated heterocycles. The van der Waals surface area contributed by atoms with Gasteiger partial charge in [0.05, 0.1) is 0 Å². The number of nitrogens with zero attached hydrogens (tertiary/aromatic N) is 3. The maximum atomic E-state index is 4.58. The first kappa shape index (κ1) is 14.3. The second-order valence-electron chi connectivity index (χ2n) is 5.44. The summed E-state index contributed by atoms with van der Waals surface area (Å²) >= 11 is 1.89. The van der Waals surface area contributed by atoms with Crippen LogP contribution in [0.3, 0.4) is 0 Å². The number of hydrogen-bond donors (Lipinski definition) is 0. The van der Waals surface area contributed by atoms with E-state index in [-0.39, 0.29) is 0 Å². The van der Waals surface area contributed by atoms with Crippen LogP contribution in [-0.4, -0.2) is 29.5 Å². The largest absolute Gasteiger partial charge is 0.351 e. The van der Waals surface area contributed by atoms with E-state index in [0.29, 0.717) is 0 Å². The molecule has 0 unspecified atom stereocenters. The second-order valence-corrected chi connectivity index (χ2v) is 6.82. The fourth-order valence-corrected chi connectivity index (χ4v) is 3.72. The number of aryl methyl sites for hydroxylation is 1. The predicted octanol–water partition coefficient (Wildman–Crippen LogP) is 3.46. The summed E-state index contributed by atoms with van der Waals surface area (Å²) in [5.41, 5.74) is 1.31. The van der Waals surface area contributed by atoms with Gasteiger partial charge in [0.15, 0.2) is 0 Å². The molecule has 21 heavy (non-hydrogen) atoms. The van der Waals surface area contributed by atoms with Crippen molar-refractivity contribution in [1.29, 1.82) is 0 Å². The Labute approximate surface area is 130 Å². The van der Waals surface area contributed by atoms with Crippen LogP contribution in [0.4, 0.5) is 5.82 Å². The maximum absolute atomic E-state index is 4.58. The lowest BCUT2D eigenvalue weighted by molar-refractivity contribution is 0.271. The zero-order chi connectivity index (χ0) is 14.7. The smallest absolute Gasteiger partial charge is 0.133 e. The standard InChI is InChI=1S/C17H21N3S/c1-3-9-20-11-10-19(13-16-7-6-14(2)21-16)12-15-5-4-8-18-17(15)20/h3-8H,1,9-13H2,2H3. The summed E-state index contributed by atoms with van der Waals surface area (Å²) in [6, 6.07) is 8.67. The van der Waals surface area contributed by atoms with Crippen LogP contribution >= 0.6 is 11.3 Å². The molecule has 0 saturated carbocycles. The molecule has 110 valence electrons. The van der Waals surface area contributed by atoms with Gasteiger partial charge in [0, 0.05) is 54.2 Å². The SMILES string of the molecule is C=CCN1CCN(Cc2ccc(C)s2)Cc2cccnc21. The van der Waals surface area contributed by atoms with Crippen LogP contribution in [0.15, 0.2) is 43.1 Å². The molecule has 3 rings (SSSR count). The van der Waals surface area contributed by atoms with E-state index in [1.807, 2.05) is 29.7 Å². The predicted molar refractivity (Wildman–Crippen MR) is 89.8 cm³/mol. The second kappa shape index (κ2) is 6.41. The topological polar surface area (TPSA) is 19.4 Å². The van der Waals surface area contributed by atoms with Gasteiger partial charge in [0.25, 0.3) is 0 Å². The molecule has 1 aliphatic rings. The van der Waals surface area contributed by atoms with Crippen LogP contribution in [0.2, 0.25) is 0 Å². The average molecular weight is 299 g/mol. The van der Waals surface area contributed by atoms with Crippen LogP contribution in [0, 0.1) is 6.92 Å². The van der Waals surface area contributed by atoms with Gasteiger partial charge >= 0.3 is 0 Å². The molecule has 2 aromatic heterocycles. The van der Waals surface area contributed by atoms with Gasteiger partial charge in [-0.25, -0.2) is 4.98 Å². The Morgan fingerprint density at radius 2 is 2.24 bits per heavy atom. The molecule has 3 nitrogen and oxygen atoms in total. The lowest BCUT2D eigenvalue weighted by Crippen LogP contribution is -2.31. The summed E-state index contributed by atoms with van der Waals surface area (Å²) in [6.07, 6.45) is 3.84. The molecule has 0 atom stereocenters. The molecule has 0 spiro atoms. The van der Waals surface area contributed by atoms with E-state index < -0.39 is 0 Å². The highest BCUT2D eigenvalue weighted by Gasteiger charge is 2.20. The number of hydrogen-bond acceptors (Lipinski definition) is 4. The van der Waals surface area contributed by atoms with Crippen LogP contribution in [-0.2, 0) is 13.1 Å². The minimum Gasteiger partial charge on any atom is -0.351 e. The van der Waals surface area contributed by atoms with Gasteiger partial charge in [-0.15, -0.1) is 17.9 Å². The highest BCUT2D eigenvalue weighted by molar-refractivity contribution is 7.11. The molecular weight excluding hydrogens is 278 g/mol. The van der Waals surface area contributed by atoms with Crippen LogP contribution in [0.5, 0.6) is 0 Å². The first-order chi connectivity index (χ1) is 10.3. The Morgan fingerprint density at radius 3 is 3.00 bits per heavy atom. The van der Waals surface area contributed by atoms with Gasteiger partial charge in [0.1, 0.15) is 5.82 Å². The summed E-state index contributed by atoms with van der Waals surface area (Å²) in [6.45, 7) is 10.9. The van der Waals surface area contributed by atoms with Gasteiger partial charge in [-0.3, -0.25) is 4.90 Å². The Hall–Kier alpha value is -1.65. The summed E-state index contributed by atoms with van der Waals surface area (Å²) in [7, 11) is 0. The van der Waals surface area contributed by atoms with E-state index in [2.05, 4.69) is 46.5 Å². The Bertz CT molecular complexity index is 620. The van der Waals surface area contributed by atoms with Crippen molar-refractivity contribution < 1.29 is 0 Å². The summed E-state index contributed by atoms with van der Waals surface area (Å²) < 4.78 is 0. The van der Waals surface area contributed by atoms with Crippen molar-refractivity contribution in [3.8, 4) is 0 Å². The minimum atomic E-state index is 0.857. The summed E-state index contributed by atoms with van der Waals surface area (Å²) in [5, 5.41) is 0. The molecule has 0 bridgehead atoms. The maximum Gasteiger partial charge on any atom is 0.133 e. The van der Waals surface area contributed by atoms with Crippen molar-refractivity contribution in [2.75, 3.05) is 24.5 Å². The van der Waals surface area contributed by atoms with Crippen molar-refractivity contribution >= 4 is 17.2 Å². The first-order valence-corrected chi connectivity index (χ1v) is 8.15. The summed E-state index contributed by atoms with van der Waals surface area (Å²) in [4.78, 5) is 12.2. The number of aromatic nitrogens is 1. The van der Waals surface area contributed by atoms with Gasteiger partial charge in [-0.1, -0.05) is 12.1 Å². The van der Waals surface area contributed by atoms with Crippen LogP contribution < -0.4 is 4.90 Å². The quantitative estimate of drug-likeness (QED) is 0.806. The van der Waals surface area contributed by atoms with Gasteiger partial charge in [-0.05, 0) is 25.1 Å². The molecule has 4 heteroatoms. The zero-order valence-electron chi connectivity index (χ0n) is 12.5. The van der Waals surface area contributed by atoms with E-state index >= 15 is 0 Å². The van der Waals surface area contributed by atoms with Crippen LogP contribution in [0.1, 0.15) is 15.3 Å². The number of rotatable bonds is 4. The number of pyridine rings is 1. The molecule has 0 amide bonds. The van der Waals surface area contributed by atoms with Gasteiger partial charge < -0.3 is 4.90 Å². The van der Waals surface area contributed by atoms with E-state index in [1.165, 1.54) is 15.3 Å². The van der Waals surface area contributed by atoms with Crippen molar-refractivity contribution in [3.63, 3.8) is 0 Å². The lowest BCUT2D eigenvalue weighted by Gasteiger charge is -2.22. The molecule has 0 N–H and O–H groups in total. The first-order valence-electron chi connectivity index (χ1n) is 7.33. The van der Waals surface area contributed by atoms with E-state index in [0.717, 1.165) is 38.5 Å². The highest BCUT2D eigenvalue weighted by atomic mass is 32.1. The Morgan fingerprint density at radius 1 is 1.33 bits per heavy atom. The number of fused-ring (bicyclic) bond motifs is 1. The van der Waals surface area contributed by atoms with E-state index in [4.69, 9.17) is 0 Å². The minimum absolute atomic E-state index is 0.857. The number of anilines is 1. The Kier molecular flexibility index (Phi) is 4.36. The molecular formula is C17H21N3S. The third-order valence-electron chi connectivity index (χ3n) is 3.77. The molecule has 0 aliphatic carbocycles. The Balaban J connectivity index is 1.80. The van der Waals surface area contributed by atoms with Gasteiger partial charge in [0.2, 0.25) is 0 Å². The lowest BCUT2D eigenvalue weighted by atomic mass is 10.2. The summed E-state index contributed by atoms with van der Waals surface area (Å²) in [5.74, 6) is 1.11. The number of thiophene rings is 1. The van der Waals surface area contributed by atoms with Crippen LogP contribution in [0.25, 0.3) is 0 Å². The monoisotopic (exact) mass is 299 g/mol. The average Bonchev–Trinajstić information content (AvgIpc) is 2.80. The third-order valence-corrected chi connectivity index (χ3v) is 4.76. The fraction of sp³-hybridized carbons (Fsp3) is 0.353.